The van der Waals surface area contributed by atoms with Crippen LogP contribution in [0.5, 0.6) is 11.5 Å². The topological polar surface area (TPSA) is 102 Å². The number of aryl methyl sites for hydroxylation is 1. The Morgan fingerprint density at radius 1 is 1.29 bits per heavy atom. The predicted octanol–water partition coefficient (Wildman–Crippen LogP) is 3.12. The number of nitrogens with zero attached hydrogens (tertiary/aromatic N) is 1. The van der Waals surface area contributed by atoms with Gasteiger partial charge in [-0.3, -0.25) is 15.5 Å². The molecular weight excluding hydrogens is 277 g/mol. The van der Waals surface area contributed by atoms with Gasteiger partial charge in [-0.05, 0) is 36.8 Å². The van der Waals surface area contributed by atoms with E-state index in [1.807, 2.05) is 0 Å². The van der Waals surface area contributed by atoms with Gasteiger partial charge < -0.3 is 10.5 Å². The molecule has 0 aliphatic carbocycles. The molecule has 2 rings (SSSR count). The van der Waals surface area contributed by atoms with Crippen molar-refractivity contribution in [3.63, 3.8) is 0 Å². The number of nitrogens with two attached hydrogens (primary N) is 1. The van der Waals surface area contributed by atoms with E-state index in [-0.39, 0.29) is 28.6 Å². The van der Waals surface area contributed by atoms with E-state index >= 15 is 0 Å². The van der Waals surface area contributed by atoms with Crippen LogP contribution in [-0.2, 0) is 0 Å². The molecule has 0 radical (unpaired) electrons. The van der Waals surface area contributed by atoms with Gasteiger partial charge in [0.2, 0.25) is 5.75 Å². The van der Waals surface area contributed by atoms with Crippen molar-refractivity contribution < 1.29 is 14.1 Å². The number of hydrogen-bond donors (Lipinski definition) is 2. The van der Waals surface area contributed by atoms with Gasteiger partial charge in [-0.15, -0.1) is 0 Å². The van der Waals surface area contributed by atoms with E-state index in [0.717, 1.165) is 17.7 Å². The molecule has 0 amide bonds. The average Bonchev–Trinajstić information content (AvgIpc) is 2.40. The van der Waals surface area contributed by atoms with Gasteiger partial charge in [0, 0.05) is 6.07 Å². The normalized spacial score (nSPS) is 10.2. The second-order valence-electron chi connectivity index (χ2n) is 4.38. The Labute approximate surface area is 119 Å². The SMILES string of the molecule is Cc1ccc([N+](=O)[O-])c(Oc2ccc(F)cc2C(=N)N)c1. The van der Waals surface area contributed by atoms with Crippen LogP contribution in [0.2, 0.25) is 0 Å². The highest BCUT2D eigenvalue weighted by molar-refractivity contribution is 5.97. The first-order valence-electron chi connectivity index (χ1n) is 5.95. The number of amidine groups is 1. The lowest BCUT2D eigenvalue weighted by molar-refractivity contribution is -0.385. The van der Waals surface area contributed by atoms with Crippen LogP contribution in [0.1, 0.15) is 11.1 Å². The number of nitrogens with one attached hydrogen (secondary N) is 1. The first kappa shape index (κ1) is 14.4. The van der Waals surface area contributed by atoms with Crippen LogP contribution >= 0.6 is 0 Å². The van der Waals surface area contributed by atoms with Crippen molar-refractivity contribution in [2.24, 2.45) is 5.73 Å². The maximum atomic E-state index is 13.2. The van der Waals surface area contributed by atoms with Crippen LogP contribution in [-0.4, -0.2) is 10.8 Å². The molecule has 0 unspecified atom stereocenters. The maximum Gasteiger partial charge on any atom is 0.311 e. The van der Waals surface area contributed by atoms with Crippen molar-refractivity contribution in [2.45, 2.75) is 6.92 Å². The van der Waals surface area contributed by atoms with Crippen LogP contribution in [0.25, 0.3) is 0 Å². The molecule has 108 valence electrons. The standard InChI is InChI=1S/C14H12FN3O3/c1-8-2-4-11(18(19)20)13(6-8)21-12-5-3-9(15)7-10(12)14(16)17/h2-7H,1H3,(H3,16,17). The van der Waals surface area contributed by atoms with E-state index in [0.29, 0.717) is 0 Å². The molecule has 0 atom stereocenters. The van der Waals surface area contributed by atoms with Crippen LogP contribution < -0.4 is 10.5 Å². The Morgan fingerprint density at radius 3 is 2.62 bits per heavy atom. The fourth-order valence-corrected chi connectivity index (χ4v) is 1.77. The second-order valence-corrected chi connectivity index (χ2v) is 4.38. The third-order valence-electron chi connectivity index (χ3n) is 2.76. The van der Waals surface area contributed by atoms with Gasteiger partial charge in [0.25, 0.3) is 0 Å². The molecule has 6 nitrogen and oxygen atoms in total. The summed E-state index contributed by atoms with van der Waals surface area (Å²) in [5.41, 5.74) is 5.94. The van der Waals surface area contributed by atoms with Crippen LogP contribution in [0.15, 0.2) is 36.4 Å². The zero-order valence-corrected chi connectivity index (χ0v) is 11.1. The molecule has 0 spiro atoms. The summed E-state index contributed by atoms with van der Waals surface area (Å²) in [6.07, 6.45) is 0. The zero-order chi connectivity index (χ0) is 15.6. The monoisotopic (exact) mass is 289 g/mol. The number of nitro groups is 1. The first-order valence-corrected chi connectivity index (χ1v) is 5.95. The first-order chi connectivity index (χ1) is 9.88. The molecule has 21 heavy (non-hydrogen) atoms. The highest BCUT2D eigenvalue weighted by atomic mass is 19.1. The Morgan fingerprint density at radius 2 is 2.00 bits per heavy atom. The Kier molecular flexibility index (Phi) is 3.84. The number of halogens is 1. The van der Waals surface area contributed by atoms with E-state index in [4.69, 9.17) is 15.9 Å². The molecule has 7 heteroatoms. The molecule has 0 bridgehead atoms. The minimum atomic E-state index is -0.578. The summed E-state index contributed by atoms with van der Waals surface area (Å²) in [6, 6.07) is 7.84. The van der Waals surface area contributed by atoms with Crippen molar-refractivity contribution in [3.05, 3.63) is 63.5 Å². The molecule has 0 aromatic heterocycles. The fraction of sp³-hybridized carbons (Fsp3) is 0.0714. The predicted molar refractivity (Wildman–Crippen MR) is 75.3 cm³/mol. The molecule has 2 aromatic carbocycles. The van der Waals surface area contributed by atoms with Crippen molar-refractivity contribution in [3.8, 4) is 11.5 Å². The van der Waals surface area contributed by atoms with Gasteiger partial charge in [-0.1, -0.05) is 6.07 Å². The number of hydrogen-bond acceptors (Lipinski definition) is 4. The number of ether oxygens (including phenoxy) is 1. The quantitative estimate of drug-likeness (QED) is 0.390. The smallest absolute Gasteiger partial charge is 0.311 e. The van der Waals surface area contributed by atoms with Crippen LogP contribution in [0.4, 0.5) is 10.1 Å². The number of nitrogen functional groups attached to an aromatic ring is 1. The lowest BCUT2D eigenvalue weighted by atomic mass is 10.1. The van der Waals surface area contributed by atoms with Gasteiger partial charge in [0.05, 0.1) is 10.5 Å². The number of rotatable bonds is 4. The molecule has 3 N–H and O–H groups in total. The molecule has 0 fully saturated rings. The van der Waals surface area contributed by atoms with Gasteiger partial charge in [-0.2, -0.15) is 0 Å². The number of nitro benzene ring substituents is 1. The van der Waals surface area contributed by atoms with Gasteiger partial charge in [0.15, 0.2) is 0 Å². The lowest BCUT2D eigenvalue weighted by Gasteiger charge is -2.11. The zero-order valence-electron chi connectivity index (χ0n) is 11.1. The van der Waals surface area contributed by atoms with Crippen LogP contribution in [0.3, 0.4) is 0 Å². The van der Waals surface area contributed by atoms with E-state index in [1.54, 1.807) is 13.0 Å². The van der Waals surface area contributed by atoms with Crippen molar-refractivity contribution in [1.29, 1.82) is 5.41 Å². The van der Waals surface area contributed by atoms with Crippen molar-refractivity contribution in [2.75, 3.05) is 0 Å². The summed E-state index contributed by atoms with van der Waals surface area (Å²) in [5, 5.41) is 18.4. The van der Waals surface area contributed by atoms with E-state index in [2.05, 4.69) is 0 Å². The second kappa shape index (κ2) is 5.58. The van der Waals surface area contributed by atoms with Crippen molar-refractivity contribution >= 4 is 11.5 Å². The summed E-state index contributed by atoms with van der Waals surface area (Å²) in [5.74, 6) is -0.877. The lowest BCUT2D eigenvalue weighted by Crippen LogP contribution is -2.12. The summed E-state index contributed by atoms with van der Waals surface area (Å²) >= 11 is 0. The highest BCUT2D eigenvalue weighted by Gasteiger charge is 2.18. The Hall–Kier alpha value is -2.96. The molecule has 0 saturated carbocycles. The summed E-state index contributed by atoms with van der Waals surface area (Å²) < 4.78 is 18.7. The van der Waals surface area contributed by atoms with Gasteiger partial charge in [0.1, 0.15) is 17.4 Å². The summed E-state index contributed by atoms with van der Waals surface area (Å²) in [6.45, 7) is 1.76. The summed E-state index contributed by atoms with van der Waals surface area (Å²) in [7, 11) is 0. The molecule has 2 aromatic rings. The minimum absolute atomic E-state index is 0.00843. The fourth-order valence-electron chi connectivity index (χ4n) is 1.77. The molecular formula is C14H12FN3O3. The largest absolute Gasteiger partial charge is 0.449 e. The highest BCUT2D eigenvalue weighted by Crippen LogP contribution is 2.33. The van der Waals surface area contributed by atoms with E-state index in [1.165, 1.54) is 18.2 Å². The van der Waals surface area contributed by atoms with Crippen molar-refractivity contribution in [1.82, 2.24) is 0 Å². The summed E-state index contributed by atoms with van der Waals surface area (Å²) in [4.78, 5) is 10.4. The molecule has 0 saturated heterocycles. The molecule has 0 aliphatic heterocycles. The van der Waals surface area contributed by atoms with Gasteiger partial charge >= 0.3 is 5.69 Å². The van der Waals surface area contributed by atoms with E-state index in [9.17, 15) is 14.5 Å². The maximum absolute atomic E-state index is 13.2. The van der Waals surface area contributed by atoms with Gasteiger partial charge in [-0.25, -0.2) is 4.39 Å². The average molecular weight is 289 g/mol. The third-order valence-corrected chi connectivity index (χ3v) is 2.76. The third kappa shape index (κ3) is 3.14. The van der Waals surface area contributed by atoms with E-state index < -0.39 is 10.7 Å². The minimum Gasteiger partial charge on any atom is -0.449 e. The Bertz CT molecular complexity index is 731. The number of benzene rings is 2. The molecule has 0 heterocycles. The Balaban J connectivity index is 2.50. The van der Waals surface area contributed by atoms with Crippen LogP contribution in [0, 0.1) is 28.3 Å². The molecule has 0 aliphatic rings.